The maximum Gasteiger partial charge on any atom is 0.191 e. The van der Waals surface area contributed by atoms with Gasteiger partial charge in [-0.25, -0.2) is 9.37 Å². The summed E-state index contributed by atoms with van der Waals surface area (Å²) in [4.78, 5) is 13.1. The first-order chi connectivity index (χ1) is 13.2. The molecular weight excluding hydrogens is 343 g/mol. The number of nitrogens with one attached hydrogen (secondary N) is 2. The van der Waals surface area contributed by atoms with Gasteiger partial charge in [-0.05, 0) is 51.3 Å². The van der Waals surface area contributed by atoms with Crippen LogP contribution in [0.5, 0.6) is 0 Å². The van der Waals surface area contributed by atoms with E-state index in [0.717, 1.165) is 45.0 Å². The van der Waals surface area contributed by atoms with E-state index in [1.807, 2.05) is 4.90 Å². The van der Waals surface area contributed by atoms with E-state index >= 15 is 0 Å². The largest absolute Gasteiger partial charge is 0.356 e. The molecule has 0 spiro atoms. The number of rotatable bonds is 6. The molecule has 2 fully saturated rings. The number of halogens is 1. The van der Waals surface area contributed by atoms with Crippen LogP contribution in [0.4, 0.5) is 10.2 Å². The van der Waals surface area contributed by atoms with Gasteiger partial charge in [-0.15, -0.1) is 0 Å². The Morgan fingerprint density at radius 3 is 3.00 bits per heavy atom. The molecule has 0 radical (unpaired) electrons. The van der Waals surface area contributed by atoms with Crippen LogP contribution in [0.25, 0.3) is 0 Å². The standard InChI is InChI=1S/C20H33FN6/c1-16-7-3-4-12-26(16)13-6-11-24-20(22-2)25-17-9-14-27(15-17)19-18(21)8-5-10-23-19/h5,8,10,16-17H,3-4,6-7,9,11-15H2,1-2H3,(H2,22,24,25). The highest BCUT2D eigenvalue weighted by molar-refractivity contribution is 5.80. The van der Waals surface area contributed by atoms with Crippen LogP contribution >= 0.6 is 0 Å². The Hall–Kier alpha value is -1.89. The maximum atomic E-state index is 13.9. The lowest BCUT2D eigenvalue weighted by Crippen LogP contribution is -2.45. The van der Waals surface area contributed by atoms with Crippen molar-refractivity contribution in [3.8, 4) is 0 Å². The van der Waals surface area contributed by atoms with E-state index in [1.54, 1.807) is 19.3 Å². The molecule has 1 aromatic heterocycles. The van der Waals surface area contributed by atoms with Gasteiger partial charge in [-0.2, -0.15) is 0 Å². The summed E-state index contributed by atoms with van der Waals surface area (Å²) in [5, 5.41) is 6.89. The molecule has 2 aliphatic rings. The summed E-state index contributed by atoms with van der Waals surface area (Å²) in [6.45, 7) is 7.16. The molecule has 0 aromatic carbocycles. The number of likely N-dealkylation sites (tertiary alicyclic amines) is 1. The molecular formula is C20H33FN6. The Labute approximate surface area is 162 Å². The summed E-state index contributed by atoms with van der Waals surface area (Å²) in [6, 6.07) is 4.06. The van der Waals surface area contributed by atoms with Crippen molar-refractivity contribution >= 4 is 11.8 Å². The molecule has 2 N–H and O–H groups in total. The van der Waals surface area contributed by atoms with Gasteiger partial charge in [0.1, 0.15) is 0 Å². The van der Waals surface area contributed by atoms with E-state index in [9.17, 15) is 4.39 Å². The average molecular weight is 377 g/mol. The fourth-order valence-corrected chi connectivity index (χ4v) is 4.05. The first-order valence-corrected chi connectivity index (χ1v) is 10.2. The lowest BCUT2D eigenvalue weighted by Gasteiger charge is -2.33. The molecule has 7 heteroatoms. The number of piperidine rings is 1. The van der Waals surface area contributed by atoms with Crippen molar-refractivity contribution in [2.45, 2.75) is 51.1 Å². The third kappa shape index (κ3) is 5.54. The molecule has 0 bridgehead atoms. The summed E-state index contributed by atoms with van der Waals surface area (Å²) in [7, 11) is 1.80. The van der Waals surface area contributed by atoms with Gasteiger partial charge < -0.3 is 20.4 Å². The lowest BCUT2D eigenvalue weighted by atomic mass is 10.0. The Bertz CT molecular complexity index is 622. The molecule has 0 saturated carbocycles. The summed E-state index contributed by atoms with van der Waals surface area (Å²) in [5.41, 5.74) is 0. The van der Waals surface area contributed by atoms with E-state index in [-0.39, 0.29) is 11.9 Å². The topological polar surface area (TPSA) is 55.8 Å². The molecule has 3 rings (SSSR count). The number of aromatic nitrogens is 1. The van der Waals surface area contributed by atoms with E-state index in [2.05, 4.69) is 32.4 Å². The summed E-state index contributed by atoms with van der Waals surface area (Å²) >= 11 is 0. The third-order valence-corrected chi connectivity index (χ3v) is 5.65. The molecule has 2 saturated heterocycles. The average Bonchev–Trinajstić information content (AvgIpc) is 3.14. The predicted octanol–water partition coefficient (Wildman–Crippen LogP) is 2.23. The molecule has 0 aliphatic carbocycles. The zero-order chi connectivity index (χ0) is 19.1. The number of nitrogens with zero attached hydrogens (tertiary/aromatic N) is 4. The van der Waals surface area contributed by atoms with Crippen LogP contribution in [0.3, 0.4) is 0 Å². The van der Waals surface area contributed by atoms with Gasteiger partial charge in [0.25, 0.3) is 0 Å². The fourth-order valence-electron chi connectivity index (χ4n) is 4.05. The zero-order valence-electron chi connectivity index (χ0n) is 16.6. The highest BCUT2D eigenvalue weighted by Crippen LogP contribution is 2.20. The van der Waals surface area contributed by atoms with E-state index < -0.39 is 0 Å². The van der Waals surface area contributed by atoms with Crippen molar-refractivity contribution < 1.29 is 4.39 Å². The molecule has 3 heterocycles. The Kier molecular flexibility index (Phi) is 7.26. The Morgan fingerprint density at radius 2 is 2.22 bits per heavy atom. The first kappa shape index (κ1) is 19.9. The van der Waals surface area contributed by atoms with Crippen molar-refractivity contribution in [3.05, 3.63) is 24.1 Å². The molecule has 27 heavy (non-hydrogen) atoms. The molecule has 0 amide bonds. The SMILES string of the molecule is CN=C(NCCCN1CCCCC1C)NC1CCN(c2ncccc2F)C1. The van der Waals surface area contributed by atoms with Crippen molar-refractivity contribution in [1.82, 2.24) is 20.5 Å². The van der Waals surface area contributed by atoms with Crippen LogP contribution in [-0.2, 0) is 0 Å². The van der Waals surface area contributed by atoms with Crippen molar-refractivity contribution in [1.29, 1.82) is 0 Å². The van der Waals surface area contributed by atoms with Crippen LogP contribution in [0.2, 0.25) is 0 Å². The highest BCUT2D eigenvalue weighted by atomic mass is 19.1. The van der Waals surface area contributed by atoms with Crippen LogP contribution in [0, 0.1) is 5.82 Å². The minimum absolute atomic E-state index is 0.250. The quantitative estimate of drug-likeness (QED) is 0.453. The Balaban J connectivity index is 1.38. The second kappa shape index (κ2) is 9.88. The van der Waals surface area contributed by atoms with Crippen LogP contribution < -0.4 is 15.5 Å². The molecule has 2 unspecified atom stereocenters. The van der Waals surface area contributed by atoms with Gasteiger partial charge in [0.05, 0.1) is 0 Å². The van der Waals surface area contributed by atoms with Gasteiger partial charge in [0.2, 0.25) is 0 Å². The van der Waals surface area contributed by atoms with Crippen molar-refractivity contribution in [2.24, 2.45) is 4.99 Å². The van der Waals surface area contributed by atoms with Gasteiger partial charge in [-0.1, -0.05) is 6.42 Å². The van der Waals surface area contributed by atoms with E-state index in [4.69, 9.17) is 0 Å². The normalized spacial score (nSPS) is 24.3. The van der Waals surface area contributed by atoms with Crippen molar-refractivity contribution in [2.75, 3.05) is 44.7 Å². The zero-order valence-corrected chi connectivity index (χ0v) is 16.6. The molecule has 6 nitrogen and oxygen atoms in total. The maximum absolute atomic E-state index is 13.9. The molecule has 150 valence electrons. The van der Waals surface area contributed by atoms with Crippen LogP contribution in [-0.4, -0.2) is 67.7 Å². The van der Waals surface area contributed by atoms with E-state index in [1.165, 1.54) is 31.9 Å². The van der Waals surface area contributed by atoms with Crippen molar-refractivity contribution in [3.63, 3.8) is 0 Å². The minimum Gasteiger partial charge on any atom is -0.356 e. The highest BCUT2D eigenvalue weighted by Gasteiger charge is 2.26. The van der Waals surface area contributed by atoms with Gasteiger partial charge in [0.15, 0.2) is 17.6 Å². The second-order valence-corrected chi connectivity index (χ2v) is 7.62. The molecule has 2 atom stereocenters. The number of hydrogen-bond acceptors (Lipinski definition) is 4. The summed E-state index contributed by atoms with van der Waals surface area (Å²) in [6.07, 6.45) is 7.72. The number of guanidine groups is 1. The van der Waals surface area contributed by atoms with Crippen LogP contribution in [0.1, 0.15) is 39.0 Å². The fraction of sp³-hybridized carbons (Fsp3) is 0.700. The van der Waals surface area contributed by atoms with Gasteiger partial charge >= 0.3 is 0 Å². The number of anilines is 1. The lowest BCUT2D eigenvalue weighted by molar-refractivity contribution is 0.159. The Morgan fingerprint density at radius 1 is 1.33 bits per heavy atom. The van der Waals surface area contributed by atoms with Gasteiger partial charge in [-0.3, -0.25) is 4.99 Å². The number of hydrogen-bond donors (Lipinski definition) is 2. The number of aliphatic imine (C=N–C) groups is 1. The first-order valence-electron chi connectivity index (χ1n) is 10.2. The van der Waals surface area contributed by atoms with Crippen LogP contribution in [0.15, 0.2) is 23.3 Å². The third-order valence-electron chi connectivity index (χ3n) is 5.65. The van der Waals surface area contributed by atoms with Gasteiger partial charge in [0, 0.05) is 51.5 Å². The minimum atomic E-state index is -0.257. The summed E-state index contributed by atoms with van der Waals surface area (Å²) in [5.74, 6) is 1.02. The molecule has 2 aliphatic heterocycles. The second-order valence-electron chi connectivity index (χ2n) is 7.62. The molecule has 1 aromatic rings. The monoisotopic (exact) mass is 376 g/mol. The number of pyridine rings is 1. The predicted molar refractivity (Wildman–Crippen MR) is 109 cm³/mol. The smallest absolute Gasteiger partial charge is 0.191 e. The summed E-state index contributed by atoms with van der Waals surface area (Å²) < 4.78 is 13.9. The van der Waals surface area contributed by atoms with E-state index in [0.29, 0.717) is 11.9 Å².